The number of hydrogen-bond donors (Lipinski definition) is 1. The largest absolute Gasteiger partial charge is 0.497 e. The van der Waals surface area contributed by atoms with Gasteiger partial charge in [0.15, 0.2) is 11.0 Å². The van der Waals surface area contributed by atoms with Crippen molar-refractivity contribution in [3.8, 4) is 11.5 Å². The number of nitrogens with one attached hydrogen (secondary N) is 1. The maximum atomic E-state index is 13.1. The molecule has 2 fully saturated rings. The SMILES string of the molecule is COc1ccc2c(c1)OC1(C)CC2C(S(=O)(=O)N2CCCC2)C(=O)N1. The lowest BCUT2D eigenvalue weighted by Crippen LogP contribution is -2.65. The Hall–Kier alpha value is -1.80. The summed E-state index contributed by atoms with van der Waals surface area (Å²) in [5, 5.41) is 1.66. The second kappa shape index (κ2) is 5.60. The molecule has 0 aromatic heterocycles. The molecule has 1 aromatic rings. The van der Waals surface area contributed by atoms with Crippen LogP contribution in [0.2, 0.25) is 0 Å². The van der Waals surface area contributed by atoms with E-state index in [2.05, 4.69) is 5.32 Å². The summed E-state index contributed by atoms with van der Waals surface area (Å²) < 4.78 is 38.9. The van der Waals surface area contributed by atoms with Crippen molar-refractivity contribution in [2.75, 3.05) is 20.2 Å². The highest BCUT2D eigenvalue weighted by molar-refractivity contribution is 7.90. The number of nitrogens with zero attached hydrogens (tertiary/aromatic N) is 1. The number of sulfonamides is 1. The normalized spacial score (nSPS) is 31.8. The van der Waals surface area contributed by atoms with Gasteiger partial charge in [0, 0.05) is 31.5 Å². The van der Waals surface area contributed by atoms with E-state index in [0.29, 0.717) is 31.0 Å². The molecule has 3 aliphatic rings. The van der Waals surface area contributed by atoms with Crippen LogP contribution in [0.5, 0.6) is 11.5 Å². The number of amides is 1. The minimum atomic E-state index is -3.71. The number of methoxy groups -OCH3 is 1. The summed E-state index contributed by atoms with van der Waals surface area (Å²) in [6, 6.07) is 5.33. The zero-order valence-electron chi connectivity index (χ0n) is 14.3. The third-order valence-electron chi connectivity index (χ3n) is 5.32. The first kappa shape index (κ1) is 16.7. The molecule has 0 saturated carbocycles. The van der Waals surface area contributed by atoms with Crippen LogP contribution in [0.25, 0.3) is 0 Å². The minimum Gasteiger partial charge on any atom is -0.497 e. The Kier molecular flexibility index (Phi) is 3.73. The highest BCUT2D eigenvalue weighted by Gasteiger charge is 2.55. The molecular formula is C17H22N2O5S. The summed E-state index contributed by atoms with van der Waals surface area (Å²) in [4.78, 5) is 12.7. The lowest BCUT2D eigenvalue weighted by molar-refractivity contribution is -0.132. The van der Waals surface area contributed by atoms with Crippen LogP contribution in [-0.2, 0) is 14.8 Å². The van der Waals surface area contributed by atoms with Crippen molar-refractivity contribution in [3.05, 3.63) is 23.8 Å². The van der Waals surface area contributed by atoms with E-state index in [4.69, 9.17) is 9.47 Å². The molecule has 3 heterocycles. The standard InChI is InChI=1S/C17H22N2O5S/c1-17-10-13(12-6-5-11(23-2)9-14(12)24-17)15(16(20)18-17)25(21,22)19-7-3-4-8-19/h5-6,9,13,15H,3-4,7-8,10H2,1-2H3,(H,18,20). The molecule has 0 aliphatic carbocycles. The van der Waals surface area contributed by atoms with Crippen molar-refractivity contribution in [2.45, 2.75) is 43.1 Å². The molecule has 1 amide bonds. The van der Waals surface area contributed by atoms with E-state index >= 15 is 0 Å². The van der Waals surface area contributed by atoms with Crippen LogP contribution >= 0.6 is 0 Å². The summed E-state index contributed by atoms with van der Waals surface area (Å²) in [5.74, 6) is 0.290. The van der Waals surface area contributed by atoms with Gasteiger partial charge in [-0.05, 0) is 31.4 Å². The zero-order valence-corrected chi connectivity index (χ0v) is 15.1. The van der Waals surface area contributed by atoms with Crippen molar-refractivity contribution in [1.29, 1.82) is 0 Å². The Morgan fingerprint density at radius 1 is 1.32 bits per heavy atom. The quantitative estimate of drug-likeness (QED) is 0.869. The second-order valence-corrected chi connectivity index (χ2v) is 9.16. The van der Waals surface area contributed by atoms with Crippen molar-refractivity contribution < 1.29 is 22.7 Å². The predicted octanol–water partition coefficient (Wildman–Crippen LogP) is 1.20. The maximum Gasteiger partial charge on any atom is 0.243 e. The first-order valence-corrected chi connectivity index (χ1v) is 10.0. The average molecular weight is 366 g/mol. The predicted molar refractivity (Wildman–Crippen MR) is 91.0 cm³/mol. The number of fused-ring (bicyclic) bond motifs is 4. The molecule has 3 atom stereocenters. The fourth-order valence-electron chi connectivity index (χ4n) is 4.16. The number of piperidine rings is 1. The van der Waals surface area contributed by atoms with Gasteiger partial charge in [0.25, 0.3) is 0 Å². The van der Waals surface area contributed by atoms with E-state index in [0.717, 1.165) is 18.4 Å². The number of ether oxygens (including phenoxy) is 2. The van der Waals surface area contributed by atoms with Gasteiger partial charge in [-0.25, -0.2) is 12.7 Å². The lowest BCUT2D eigenvalue weighted by atomic mass is 9.81. The minimum absolute atomic E-state index is 0.426. The van der Waals surface area contributed by atoms with E-state index in [9.17, 15) is 13.2 Å². The molecule has 2 saturated heterocycles. The molecule has 2 bridgehead atoms. The smallest absolute Gasteiger partial charge is 0.243 e. The third kappa shape index (κ3) is 2.58. The van der Waals surface area contributed by atoms with Crippen LogP contribution < -0.4 is 14.8 Å². The lowest BCUT2D eigenvalue weighted by Gasteiger charge is -2.47. The fourth-order valence-corrected chi connectivity index (χ4v) is 6.23. The molecule has 3 unspecified atom stereocenters. The highest BCUT2D eigenvalue weighted by atomic mass is 32.2. The Labute approximate surface area is 147 Å². The van der Waals surface area contributed by atoms with Crippen molar-refractivity contribution in [3.63, 3.8) is 0 Å². The van der Waals surface area contributed by atoms with E-state index in [1.54, 1.807) is 26.2 Å². The van der Waals surface area contributed by atoms with Gasteiger partial charge in [0.2, 0.25) is 15.9 Å². The molecule has 25 heavy (non-hydrogen) atoms. The Morgan fingerprint density at radius 3 is 2.72 bits per heavy atom. The van der Waals surface area contributed by atoms with Crippen molar-refractivity contribution >= 4 is 15.9 Å². The molecule has 4 rings (SSSR count). The third-order valence-corrected chi connectivity index (χ3v) is 7.59. The Morgan fingerprint density at radius 2 is 2.04 bits per heavy atom. The monoisotopic (exact) mass is 366 g/mol. The van der Waals surface area contributed by atoms with Crippen LogP contribution in [0, 0.1) is 0 Å². The van der Waals surface area contributed by atoms with Crippen molar-refractivity contribution in [2.24, 2.45) is 0 Å². The molecule has 7 nitrogen and oxygen atoms in total. The summed E-state index contributed by atoms with van der Waals surface area (Å²) in [6.07, 6.45) is 2.11. The van der Waals surface area contributed by atoms with Crippen LogP contribution in [0.1, 0.15) is 37.7 Å². The van der Waals surface area contributed by atoms with Gasteiger partial charge in [-0.1, -0.05) is 6.07 Å². The van der Waals surface area contributed by atoms with Gasteiger partial charge < -0.3 is 14.8 Å². The molecule has 0 radical (unpaired) electrons. The van der Waals surface area contributed by atoms with E-state index in [1.165, 1.54) is 4.31 Å². The summed E-state index contributed by atoms with van der Waals surface area (Å²) in [7, 11) is -2.15. The number of benzene rings is 1. The summed E-state index contributed by atoms with van der Waals surface area (Å²) >= 11 is 0. The van der Waals surface area contributed by atoms with E-state index in [1.807, 2.05) is 6.07 Å². The molecule has 8 heteroatoms. The van der Waals surface area contributed by atoms with Gasteiger partial charge in [-0.2, -0.15) is 0 Å². The second-order valence-electron chi connectivity index (χ2n) is 7.11. The van der Waals surface area contributed by atoms with Crippen LogP contribution in [0.15, 0.2) is 18.2 Å². The Balaban J connectivity index is 1.80. The van der Waals surface area contributed by atoms with Crippen molar-refractivity contribution in [1.82, 2.24) is 9.62 Å². The van der Waals surface area contributed by atoms with E-state index in [-0.39, 0.29) is 0 Å². The summed E-state index contributed by atoms with van der Waals surface area (Å²) in [5.41, 5.74) is -0.154. The fraction of sp³-hybridized carbons (Fsp3) is 0.588. The topological polar surface area (TPSA) is 84.9 Å². The molecule has 0 spiro atoms. The molecule has 1 aromatic carbocycles. The summed E-state index contributed by atoms with van der Waals surface area (Å²) in [6.45, 7) is 2.75. The maximum absolute atomic E-state index is 13.1. The average Bonchev–Trinajstić information content (AvgIpc) is 3.08. The van der Waals surface area contributed by atoms with Gasteiger partial charge in [0.1, 0.15) is 11.5 Å². The van der Waals surface area contributed by atoms with Gasteiger partial charge in [-0.15, -0.1) is 0 Å². The van der Waals surface area contributed by atoms with Crippen LogP contribution in [0.4, 0.5) is 0 Å². The van der Waals surface area contributed by atoms with Crippen LogP contribution in [0.3, 0.4) is 0 Å². The van der Waals surface area contributed by atoms with Crippen LogP contribution in [-0.4, -0.2) is 49.8 Å². The number of carbonyl (C=O) groups is 1. The first-order valence-electron chi connectivity index (χ1n) is 8.52. The van der Waals surface area contributed by atoms with Gasteiger partial charge in [-0.3, -0.25) is 4.79 Å². The molecule has 1 N–H and O–H groups in total. The zero-order chi connectivity index (χ0) is 17.8. The number of carbonyl (C=O) groups excluding carboxylic acids is 1. The molecular weight excluding hydrogens is 344 g/mol. The Bertz CT molecular complexity index is 818. The number of rotatable bonds is 3. The van der Waals surface area contributed by atoms with E-state index < -0.39 is 32.8 Å². The molecule has 136 valence electrons. The van der Waals surface area contributed by atoms with Gasteiger partial charge in [0.05, 0.1) is 7.11 Å². The highest BCUT2D eigenvalue weighted by Crippen LogP contribution is 2.47. The number of hydrogen-bond acceptors (Lipinski definition) is 5. The molecule has 3 aliphatic heterocycles. The van der Waals surface area contributed by atoms with Gasteiger partial charge >= 0.3 is 0 Å². The first-order chi connectivity index (χ1) is 11.8.